The van der Waals surface area contributed by atoms with E-state index in [2.05, 4.69) is 5.32 Å². The van der Waals surface area contributed by atoms with Gasteiger partial charge in [-0.25, -0.2) is 0 Å². The van der Waals surface area contributed by atoms with Gasteiger partial charge in [0.15, 0.2) is 0 Å². The zero-order chi connectivity index (χ0) is 5.40. The highest BCUT2D eigenvalue weighted by Crippen LogP contribution is 2.24. The van der Waals surface area contributed by atoms with Gasteiger partial charge in [-0.05, 0) is 13.0 Å². The Bertz CT molecular complexity index is 89.1. The van der Waals surface area contributed by atoms with Crippen molar-refractivity contribution < 1.29 is 4.74 Å². The molecule has 2 aliphatic rings. The first kappa shape index (κ1) is 7.32. The average molecular weight is 150 g/mol. The van der Waals surface area contributed by atoms with Gasteiger partial charge in [-0.2, -0.15) is 0 Å². The second-order valence-electron chi connectivity index (χ2n) is 2.62. The maximum atomic E-state index is 5.15. The molecule has 0 aromatic carbocycles. The Hall–Kier alpha value is 0.210. The number of hydrogen-bond donors (Lipinski definition) is 1. The van der Waals surface area contributed by atoms with Crippen LogP contribution in [0.15, 0.2) is 0 Å². The first-order valence-corrected chi connectivity index (χ1v) is 3.29. The Kier molecular flexibility index (Phi) is 2.33. The summed E-state index contributed by atoms with van der Waals surface area (Å²) in [5.74, 6) is 0.843. The minimum atomic E-state index is 0. The topological polar surface area (TPSA) is 24.6 Å². The third-order valence-electron chi connectivity index (χ3n) is 1.98. The van der Waals surface area contributed by atoms with Crippen LogP contribution in [0.3, 0.4) is 0 Å². The molecule has 9 heavy (non-hydrogen) atoms. The van der Waals surface area contributed by atoms with Gasteiger partial charge in [-0.1, -0.05) is 0 Å². The highest BCUT2D eigenvalue weighted by atomic mass is 35.5. The van der Waals surface area contributed by atoms with Crippen molar-refractivity contribution in [1.29, 1.82) is 0 Å². The fourth-order valence-electron chi connectivity index (χ4n) is 1.32. The van der Waals surface area contributed by atoms with Crippen molar-refractivity contribution in [2.24, 2.45) is 5.92 Å². The van der Waals surface area contributed by atoms with Crippen molar-refractivity contribution in [3.05, 3.63) is 0 Å². The van der Waals surface area contributed by atoms with Crippen molar-refractivity contribution in [1.82, 2.24) is 5.32 Å². The molecule has 2 fully saturated rings. The molecule has 2 nitrogen and oxygen atoms in total. The van der Waals surface area contributed by atoms with Gasteiger partial charge in [0.25, 0.3) is 0 Å². The normalized spacial score (nSPS) is 40.0. The van der Waals surface area contributed by atoms with E-state index in [0.29, 0.717) is 6.10 Å². The van der Waals surface area contributed by atoms with Gasteiger partial charge in [-0.3, -0.25) is 0 Å². The number of rotatable bonds is 1. The van der Waals surface area contributed by atoms with Crippen molar-refractivity contribution in [3.8, 4) is 0 Å². The van der Waals surface area contributed by atoms with E-state index in [1.54, 1.807) is 0 Å². The molecule has 3 heteroatoms. The second kappa shape index (κ2) is 2.86. The lowest BCUT2D eigenvalue weighted by Crippen LogP contribution is -2.12. The molecule has 0 bridgehead atoms. The van der Waals surface area contributed by atoms with E-state index in [1.165, 1.54) is 19.5 Å². The summed E-state index contributed by atoms with van der Waals surface area (Å²) in [6.07, 6.45) is 1.95. The molecule has 2 aliphatic heterocycles. The number of ether oxygens (including phenoxy) is 1. The summed E-state index contributed by atoms with van der Waals surface area (Å²) in [7, 11) is 0. The van der Waals surface area contributed by atoms with E-state index in [9.17, 15) is 0 Å². The number of nitrogens with one attached hydrogen (secondary N) is 1. The van der Waals surface area contributed by atoms with Gasteiger partial charge in [0.2, 0.25) is 0 Å². The van der Waals surface area contributed by atoms with Crippen molar-refractivity contribution in [2.45, 2.75) is 12.5 Å². The minimum absolute atomic E-state index is 0. The lowest BCUT2D eigenvalue weighted by Gasteiger charge is -1.98. The van der Waals surface area contributed by atoms with Crippen LogP contribution in [0.1, 0.15) is 6.42 Å². The summed E-state index contributed by atoms with van der Waals surface area (Å²) in [5, 5.41) is 3.31. The van der Waals surface area contributed by atoms with Crippen LogP contribution in [0.4, 0.5) is 0 Å². The predicted octanol–water partition coefficient (Wildman–Crippen LogP) is 0.416. The third kappa shape index (κ3) is 1.57. The van der Waals surface area contributed by atoms with Crippen LogP contribution in [-0.4, -0.2) is 25.8 Å². The van der Waals surface area contributed by atoms with Crippen molar-refractivity contribution in [3.63, 3.8) is 0 Å². The minimum Gasteiger partial charge on any atom is -0.373 e. The molecule has 2 atom stereocenters. The molecule has 1 N–H and O–H groups in total. The molecule has 0 aromatic rings. The molecule has 0 saturated carbocycles. The maximum absolute atomic E-state index is 5.15. The smallest absolute Gasteiger partial charge is 0.0850 e. The summed E-state index contributed by atoms with van der Waals surface area (Å²) in [6, 6.07) is 0. The monoisotopic (exact) mass is 149 g/mol. The maximum Gasteiger partial charge on any atom is 0.0850 e. The van der Waals surface area contributed by atoms with Gasteiger partial charge in [-0.15, -0.1) is 12.4 Å². The predicted molar refractivity (Wildman–Crippen MR) is 38.0 cm³/mol. The van der Waals surface area contributed by atoms with E-state index in [4.69, 9.17) is 4.74 Å². The van der Waals surface area contributed by atoms with Crippen LogP contribution >= 0.6 is 12.4 Å². The zero-order valence-electron chi connectivity index (χ0n) is 5.30. The highest BCUT2D eigenvalue weighted by Gasteiger charge is 2.33. The average Bonchev–Trinajstić information content (AvgIpc) is 2.49. The summed E-state index contributed by atoms with van der Waals surface area (Å²) >= 11 is 0. The van der Waals surface area contributed by atoms with Crippen molar-refractivity contribution in [2.75, 3.05) is 19.7 Å². The first-order chi connectivity index (χ1) is 3.97. The summed E-state index contributed by atoms with van der Waals surface area (Å²) in [5.41, 5.74) is 0. The van der Waals surface area contributed by atoms with Crippen LogP contribution < -0.4 is 5.32 Å². The number of hydrogen-bond acceptors (Lipinski definition) is 2. The second-order valence-corrected chi connectivity index (χ2v) is 2.62. The third-order valence-corrected chi connectivity index (χ3v) is 1.98. The Labute approximate surface area is 61.4 Å². The first-order valence-electron chi connectivity index (χ1n) is 3.29. The number of halogens is 1. The molecule has 54 valence electrons. The summed E-state index contributed by atoms with van der Waals surface area (Å²) in [6.45, 7) is 3.40. The van der Waals surface area contributed by atoms with Gasteiger partial charge in [0.05, 0.1) is 12.7 Å². The SMILES string of the molecule is C1CC(C2CO2)CN1.Cl. The van der Waals surface area contributed by atoms with E-state index >= 15 is 0 Å². The molecule has 2 heterocycles. The van der Waals surface area contributed by atoms with Crippen LogP contribution in [0, 0.1) is 5.92 Å². The number of epoxide rings is 1. The molecule has 0 radical (unpaired) electrons. The van der Waals surface area contributed by atoms with Gasteiger partial charge < -0.3 is 10.1 Å². The lowest BCUT2D eigenvalue weighted by molar-refractivity contribution is 0.342. The van der Waals surface area contributed by atoms with Crippen LogP contribution in [-0.2, 0) is 4.74 Å². The van der Waals surface area contributed by atoms with E-state index < -0.39 is 0 Å². The Balaban J connectivity index is 0.000000405. The molecule has 0 aliphatic carbocycles. The van der Waals surface area contributed by atoms with Crippen LogP contribution in [0.2, 0.25) is 0 Å². The molecule has 0 amide bonds. The molecule has 2 saturated heterocycles. The summed E-state index contributed by atoms with van der Waals surface area (Å²) in [4.78, 5) is 0. The molecule has 2 rings (SSSR count). The summed E-state index contributed by atoms with van der Waals surface area (Å²) < 4.78 is 5.15. The Morgan fingerprint density at radius 2 is 2.22 bits per heavy atom. The Morgan fingerprint density at radius 1 is 1.44 bits per heavy atom. The zero-order valence-corrected chi connectivity index (χ0v) is 6.12. The highest BCUT2D eigenvalue weighted by molar-refractivity contribution is 5.85. The Morgan fingerprint density at radius 3 is 2.67 bits per heavy atom. The standard InChI is InChI=1S/C6H11NO.ClH/c1-2-7-3-5(1)6-4-8-6;/h5-7H,1-4H2;1H. The van der Waals surface area contributed by atoms with Gasteiger partial charge in [0, 0.05) is 12.5 Å². The van der Waals surface area contributed by atoms with Crippen LogP contribution in [0.25, 0.3) is 0 Å². The molecular weight excluding hydrogens is 138 g/mol. The van der Waals surface area contributed by atoms with E-state index in [1.807, 2.05) is 0 Å². The van der Waals surface area contributed by atoms with Gasteiger partial charge >= 0.3 is 0 Å². The fourth-order valence-corrected chi connectivity index (χ4v) is 1.32. The quantitative estimate of drug-likeness (QED) is 0.547. The molecule has 0 aromatic heterocycles. The molecule has 2 unspecified atom stereocenters. The fraction of sp³-hybridized carbons (Fsp3) is 1.00. The van der Waals surface area contributed by atoms with E-state index in [-0.39, 0.29) is 12.4 Å². The molecular formula is C6H12ClNO. The van der Waals surface area contributed by atoms with Gasteiger partial charge in [0.1, 0.15) is 0 Å². The molecule has 0 spiro atoms. The lowest BCUT2D eigenvalue weighted by atomic mass is 10.1. The van der Waals surface area contributed by atoms with Crippen LogP contribution in [0.5, 0.6) is 0 Å². The van der Waals surface area contributed by atoms with Crippen molar-refractivity contribution >= 4 is 12.4 Å². The van der Waals surface area contributed by atoms with E-state index in [0.717, 1.165) is 12.5 Å². The largest absolute Gasteiger partial charge is 0.373 e.